The largest absolute Gasteiger partial charge is 0.354 e. The lowest BCUT2D eigenvalue weighted by Gasteiger charge is -2.11. The van der Waals surface area contributed by atoms with Gasteiger partial charge in [0.1, 0.15) is 5.69 Å². The topological polar surface area (TPSA) is 54.0 Å². The maximum Gasteiger partial charge on any atom is 0.274 e. The SMILES string of the molecule is Cc1ccc(Nc2ccc(C(=O)Nc3c(C)cccc3C)nc2)cc1. The molecular formula is C21H21N3O. The summed E-state index contributed by atoms with van der Waals surface area (Å²) in [7, 11) is 0. The zero-order valence-corrected chi connectivity index (χ0v) is 14.6. The van der Waals surface area contributed by atoms with Gasteiger partial charge in [0.2, 0.25) is 0 Å². The molecule has 2 aromatic carbocycles. The van der Waals surface area contributed by atoms with Gasteiger partial charge >= 0.3 is 0 Å². The first-order chi connectivity index (χ1) is 12.0. The van der Waals surface area contributed by atoms with E-state index in [4.69, 9.17) is 0 Å². The smallest absolute Gasteiger partial charge is 0.274 e. The number of aromatic nitrogens is 1. The average Bonchev–Trinajstić information content (AvgIpc) is 2.61. The molecule has 0 spiro atoms. The van der Waals surface area contributed by atoms with Gasteiger partial charge in [0, 0.05) is 11.4 Å². The number of para-hydroxylation sites is 1. The molecule has 25 heavy (non-hydrogen) atoms. The fourth-order valence-corrected chi connectivity index (χ4v) is 2.59. The molecule has 1 aromatic heterocycles. The monoisotopic (exact) mass is 331 g/mol. The van der Waals surface area contributed by atoms with Crippen molar-refractivity contribution in [2.45, 2.75) is 20.8 Å². The highest BCUT2D eigenvalue weighted by atomic mass is 16.1. The Hall–Kier alpha value is -3.14. The maximum atomic E-state index is 12.4. The molecule has 0 atom stereocenters. The van der Waals surface area contributed by atoms with E-state index in [2.05, 4.69) is 22.5 Å². The predicted octanol–water partition coefficient (Wildman–Crippen LogP) is 5.00. The van der Waals surface area contributed by atoms with Crippen LogP contribution in [0.1, 0.15) is 27.2 Å². The van der Waals surface area contributed by atoms with Gasteiger partial charge in [-0.25, -0.2) is 4.98 Å². The molecule has 2 N–H and O–H groups in total. The van der Waals surface area contributed by atoms with Gasteiger partial charge in [0.25, 0.3) is 5.91 Å². The summed E-state index contributed by atoms with van der Waals surface area (Å²) in [6, 6.07) is 17.6. The van der Waals surface area contributed by atoms with Crippen molar-refractivity contribution >= 4 is 23.0 Å². The molecule has 4 heteroatoms. The lowest BCUT2D eigenvalue weighted by atomic mass is 10.1. The highest BCUT2D eigenvalue weighted by Gasteiger charge is 2.10. The van der Waals surface area contributed by atoms with Gasteiger partial charge in [0.15, 0.2) is 0 Å². The van der Waals surface area contributed by atoms with Crippen molar-refractivity contribution in [2.24, 2.45) is 0 Å². The van der Waals surface area contributed by atoms with Crippen LogP contribution in [0, 0.1) is 20.8 Å². The van der Waals surface area contributed by atoms with Crippen LogP contribution in [0.3, 0.4) is 0 Å². The molecule has 1 amide bonds. The Bertz CT molecular complexity index is 864. The van der Waals surface area contributed by atoms with Crippen molar-refractivity contribution in [1.29, 1.82) is 0 Å². The number of carbonyl (C=O) groups excluding carboxylic acids is 1. The molecule has 1 heterocycles. The number of nitrogens with one attached hydrogen (secondary N) is 2. The molecule has 0 fully saturated rings. The van der Waals surface area contributed by atoms with Crippen LogP contribution in [0.15, 0.2) is 60.8 Å². The first-order valence-electron chi connectivity index (χ1n) is 8.20. The highest BCUT2D eigenvalue weighted by molar-refractivity contribution is 6.03. The van der Waals surface area contributed by atoms with Crippen LogP contribution in [-0.2, 0) is 0 Å². The summed E-state index contributed by atoms with van der Waals surface area (Å²) in [6.07, 6.45) is 1.67. The Morgan fingerprint density at radius 1 is 0.840 bits per heavy atom. The van der Waals surface area contributed by atoms with Gasteiger partial charge in [-0.1, -0.05) is 35.9 Å². The number of carbonyl (C=O) groups is 1. The number of hydrogen-bond donors (Lipinski definition) is 2. The molecule has 4 nitrogen and oxygen atoms in total. The van der Waals surface area contributed by atoms with E-state index in [0.717, 1.165) is 28.2 Å². The van der Waals surface area contributed by atoms with Crippen LogP contribution in [-0.4, -0.2) is 10.9 Å². The Morgan fingerprint density at radius 2 is 1.48 bits per heavy atom. The van der Waals surface area contributed by atoms with Crippen molar-refractivity contribution < 1.29 is 4.79 Å². The Morgan fingerprint density at radius 3 is 2.08 bits per heavy atom. The zero-order valence-electron chi connectivity index (χ0n) is 14.6. The summed E-state index contributed by atoms with van der Waals surface area (Å²) in [5, 5.41) is 6.22. The molecule has 0 aliphatic heterocycles. The van der Waals surface area contributed by atoms with E-state index in [-0.39, 0.29) is 5.91 Å². The highest BCUT2D eigenvalue weighted by Crippen LogP contribution is 2.21. The first kappa shape index (κ1) is 16.7. The minimum absolute atomic E-state index is 0.209. The molecule has 0 radical (unpaired) electrons. The van der Waals surface area contributed by atoms with Crippen LogP contribution in [0.2, 0.25) is 0 Å². The second-order valence-corrected chi connectivity index (χ2v) is 6.14. The lowest BCUT2D eigenvalue weighted by molar-refractivity contribution is 0.102. The number of pyridine rings is 1. The van der Waals surface area contributed by atoms with Crippen molar-refractivity contribution in [3.8, 4) is 0 Å². The maximum absolute atomic E-state index is 12.4. The number of anilines is 3. The molecule has 3 aromatic rings. The van der Waals surface area contributed by atoms with E-state index < -0.39 is 0 Å². The number of nitrogens with zero attached hydrogens (tertiary/aromatic N) is 1. The minimum atomic E-state index is -0.209. The Labute approximate surface area is 147 Å². The van der Waals surface area contributed by atoms with Gasteiger partial charge < -0.3 is 10.6 Å². The fourth-order valence-electron chi connectivity index (χ4n) is 2.59. The molecule has 0 unspecified atom stereocenters. The van der Waals surface area contributed by atoms with Crippen LogP contribution in [0.4, 0.5) is 17.1 Å². The van der Waals surface area contributed by atoms with Crippen LogP contribution in [0.5, 0.6) is 0 Å². The summed E-state index contributed by atoms with van der Waals surface area (Å²) in [5.74, 6) is -0.209. The summed E-state index contributed by atoms with van der Waals surface area (Å²) < 4.78 is 0. The number of benzene rings is 2. The normalized spacial score (nSPS) is 10.4. The van der Waals surface area contributed by atoms with Gasteiger partial charge in [-0.05, 0) is 56.2 Å². The van der Waals surface area contributed by atoms with Crippen LogP contribution >= 0.6 is 0 Å². The lowest BCUT2D eigenvalue weighted by Crippen LogP contribution is -2.15. The van der Waals surface area contributed by atoms with Crippen molar-refractivity contribution in [3.63, 3.8) is 0 Å². The standard InChI is InChI=1S/C21H21N3O/c1-14-7-9-17(10-8-14)23-18-11-12-19(22-13-18)21(25)24-20-15(2)5-4-6-16(20)3/h4-13,23H,1-3H3,(H,24,25). The molecule has 0 bridgehead atoms. The third kappa shape index (κ3) is 4.04. The van der Waals surface area contributed by atoms with Crippen molar-refractivity contribution in [2.75, 3.05) is 10.6 Å². The summed E-state index contributed by atoms with van der Waals surface area (Å²) in [4.78, 5) is 16.7. The summed E-state index contributed by atoms with van der Waals surface area (Å²) >= 11 is 0. The predicted molar refractivity (Wildman–Crippen MR) is 103 cm³/mol. The average molecular weight is 331 g/mol. The van der Waals surface area contributed by atoms with Crippen molar-refractivity contribution in [3.05, 3.63) is 83.2 Å². The van der Waals surface area contributed by atoms with Gasteiger partial charge in [-0.3, -0.25) is 4.79 Å². The van der Waals surface area contributed by atoms with E-state index in [0.29, 0.717) is 5.69 Å². The Kier molecular flexibility index (Phi) is 4.80. The zero-order chi connectivity index (χ0) is 17.8. The molecule has 3 rings (SSSR count). The van der Waals surface area contributed by atoms with Gasteiger partial charge in [-0.15, -0.1) is 0 Å². The molecule has 0 aliphatic carbocycles. The summed E-state index contributed by atoms with van der Waals surface area (Å²) in [6.45, 7) is 6.00. The van der Waals surface area contributed by atoms with Gasteiger partial charge in [0.05, 0.1) is 11.9 Å². The van der Waals surface area contributed by atoms with Crippen LogP contribution < -0.4 is 10.6 Å². The summed E-state index contributed by atoms with van der Waals surface area (Å²) in [5.41, 5.74) is 6.33. The molecule has 0 aliphatic rings. The van der Waals surface area contributed by atoms with E-state index in [1.807, 2.05) is 62.4 Å². The quantitative estimate of drug-likeness (QED) is 0.707. The molecule has 126 valence electrons. The number of hydrogen-bond acceptors (Lipinski definition) is 3. The second-order valence-electron chi connectivity index (χ2n) is 6.14. The van der Waals surface area contributed by atoms with Crippen molar-refractivity contribution in [1.82, 2.24) is 4.98 Å². The third-order valence-corrected chi connectivity index (χ3v) is 4.06. The Balaban J connectivity index is 1.71. The molecule has 0 saturated carbocycles. The second kappa shape index (κ2) is 7.18. The van der Waals surface area contributed by atoms with E-state index in [1.165, 1.54) is 5.56 Å². The fraction of sp³-hybridized carbons (Fsp3) is 0.143. The van der Waals surface area contributed by atoms with Gasteiger partial charge in [-0.2, -0.15) is 0 Å². The molecular weight excluding hydrogens is 310 g/mol. The third-order valence-electron chi connectivity index (χ3n) is 4.06. The van der Waals surface area contributed by atoms with E-state index in [9.17, 15) is 4.79 Å². The first-order valence-corrected chi connectivity index (χ1v) is 8.20. The number of amides is 1. The number of aryl methyl sites for hydroxylation is 3. The minimum Gasteiger partial charge on any atom is -0.354 e. The van der Waals surface area contributed by atoms with Crippen LogP contribution in [0.25, 0.3) is 0 Å². The van der Waals surface area contributed by atoms with E-state index in [1.54, 1.807) is 12.3 Å². The molecule has 0 saturated heterocycles. The number of rotatable bonds is 4. The van der Waals surface area contributed by atoms with E-state index >= 15 is 0 Å².